The van der Waals surface area contributed by atoms with E-state index in [2.05, 4.69) is 31.5 Å². The monoisotopic (exact) mass is 483 g/mol. The van der Waals surface area contributed by atoms with Crippen LogP contribution in [0.25, 0.3) is 10.6 Å². The lowest BCUT2D eigenvalue weighted by molar-refractivity contribution is -0.119. The summed E-state index contributed by atoms with van der Waals surface area (Å²) in [4.78, 5) is 29.3. The second-order valence-electron chi connectivity index (χ2n) is 5.63. The molecule has 6 nitrogen and oxygen atoms in total. The van der Waals surface area contributed by atoms with Crippen molar-refractivity contribution in [1.29, 1.82) is 0 Å². The number of anilines is 1. The molecule has 146 valence electrons. The Kier molecular flexibility index (Phi) is 6.76. The number of aromatic nitrogens is 1. The summed E-state index contributed by atoms with van der Waals surface area (Å²) in [6, 6.07) is 8.19. The van der Waals surface area contributed by atoms with Gasteiger partial charge in [-0.1, -0.05) is 15.9 Å². The van der Waals surface area contributed by atoms with Crippen molar-refractivity contribution in [2.24, 2.45) is 0 Å². The van der Waals surface area contributed by atoms with E-state index >= 15 is 0 Å². The van der Waals surface area contributed by atoms with Gasteiger partial charge in [0.05, 0.1) is 17.1 Å². The first kappa shape index (κ1) is 20.4. The summed E-state index contributed by atoms with van der Waals surface area (Å²) in [5.41, 5.74) is 0.735. The predicted octanol–water partition coefficient (Wildman–Crippen LogP) is 4.43. The van der Waals surface area contributed by atoms with E-state index in [0.29, 0.717) is 16.1 Å². The fourth-order valence-electron chi connectivity index (χ4n) is 2.16. The molecule has 0 aliphatic carbocycles. The third kappa shape index (κ3) is 5.60. The maximum absolute atomic E-state index is 13.7. The van der Waals surface area contributed by atoms with Crippen LogP contribution in [-0.4, -0.2) is 23.4 Å². The molecule has 0 spiro atoms. The normalized spacial score (nSPS) is 10.5. The van der Waals surface area contributed by atoms with E-state index in [1.165, 1.54) is 41.7 Å². The minimum atomic E-state index is -0.550. The fourth-order valence-corrected chi connectivity index (χ4v) is 4.20. The zero-order valence-corrected chi connectivity index (χ0v) is 17.8. The van der Waals surface area contributed by atoms with Gasteiger partial charge < -0.3 is 10.1 Å². The van der Waals surface area contributed by atoms with Crippen molar-refractivity contribution in [3.8, 4) is 16.3 Å². The highest BCUT2D eigenvalue weighted by Crippen LogP contribution is 2.30. The Morgan fingerprint density at radius 1 is 1.29 bits per heavy atom. The van der Waals surface area contributed by atoms with Crippen LogP contribution in [0.3, 0.4) is 0 Å². The molecule has 0 radical (unpaired) electrons. The molecule has 2 N–H and O–H groups in total. The molecule has 28 heavy (non-hydrogen) atoms. The molecule has 0 bridgehead atoms. The van der Waals surface area contributed by atoms with Crippen LogP contribution in [0.1, 0.15) is 11.8 Å². The van der Waals surface area contributed by atoms with Crippen molar-refractivity contribution in [3.05, 3.63) is 50.9 Å². The summed E-state index contributed by atoms with van der Waals surface area (Å²) < 4.78 is 19.5. The average molecular weight is 484 g/mol. The second kappa shape index (κ2) is 9.26. The molecule has 2 heterocycles. The van der Waals surface area contributed by atoms with Crippen molar-refractivity contribution in [2.45, 2.75) is 13.5 Å². The van der Waals surface area contributed by atoms with Crippen LogP contribution in [0, 0.1) is 5.82 Å². The van der Waals surface area contributed by atoms with Crippen molar-refractivity contribution < 1.29 is 18.7 Å². The van der Waals surface area contributed by atoms with Crippen LogP contribution < -0.4 is 15.4 Å². The maximum atomic E-state index is 13.7. The topological polar surface area (TPSA) is 80.3 Å². The Balaban J connectivity index is 1.55. The molecule has 3 rings (SSSR count). The predicted molar refractivity (Wildman–Crippen MR) is 111 cm³/mol. The Hall–Kier alpha value is -2.30. The third-order valence-electron chi connectivity index (χ3n) is 3.43. The molecule has 0 saturated heterocycles. The lowest BCUT2D eigenvalue weighted by atomic mass is 10.3. The summed E-state index contributed by atoms with van der Waals surface area (Å²) in [5, 5.41) is 7.65. The number of amides is 2. The van der Waals surface area contributed by atoms with E-state index < -0.39 is 11.7 Å². The van der Waals surface area contributed by atoms with Gasteiger partial charge in [-0.15, -0.1) is 22.7 Å². The maximum Gasteiger partial charge on any atom is 0.264 e. The Morgan fingerprint density at radius 2 is 2.11 bits per heavy atom. The van der Waals surface area contributed by atoms with Crippen LogP contribution in [-0.2, 0) is 16.1 Å². The van der Waals surface area contributed by atoms with Gasteiger partial charge in [0.1, 0.15) is 0 Å². The molecule has 0 atom stereocenters. The number of hydrogen-bond donors (Lipinski definition) is 2. The van der Waals surface area contributed by atoms with Crippen LogP contribution >= 0.6 is 38.6 Å². The number of hydrogen-bond acceptors (Lipinski definition) is 6. The minimum Gasteiger partial charge on any atom is -0.481 e. The molecule has 10 heteroatoms. The van der Waals surface area contributed by atoms with Gasteiger partial charge in [-0.2, -0.15) is 0 Å². The largest absolute Gasteiger partial charge is 0.481 e. The molecule has 0 aliphatic rings. The zero-order chi connectivity index (χ0) is 20.1. The fraction of sp³-hybridized carbons (Fsp3) is 0.167. The van der Waals surface area contributed by atoms with Crippen molar-refractivity contribution in [3.63, 3.8) is 0 Å². The Labute approximate surface area is 176 Å². The number of halogens is 2. The molecule has 0 unspecified atom stereocenters. The summed E-state index contributed by atoms with van der Waals surface area (Å²) in [7, 11) is 0. The molecule has 0 aliphatic heterocycles. The van der Waals surface area contributed by atoms with E-state index in [0.717, 1.165) is 15.4 Å². The van der Waals surface area contributed by atoms with Gasteiger partial charge in [-0.25, -0.2) is 9.37 Å². The number of rotatable bonds is 7. The minimum absolute atomic E-state index is 0.00321. The molecule has 0 saturated carbocycles. The molecular weight excluding hydrogens is 469 g/mol. The van der Waals surface area contributed by atoms with Crippen LogP contribution in [0.15, 0.2) is 40.2 Å². The highest BCUT2D eigenvalue weighted by Gasteiger charge is 2.12. The van der Waals surface area contributed by atoms with Gasteiger partial charge in [-0.3, -0.25) is 14.9 Å². The van der Waals surface area contributed by atoms with E-state index in [4.69, 9.17) is 4.74 Å². The summed E-state index contributed by atoms with van der Waals surface area (Å²) in [6.07, 6.45) is 0. The number of nitrogens with zero attached hydrogens (tertiary/aromatic N) is 1. The number of nitrogens with one attached hydrogen (secondary N) is 2. The summed E-state index contributed by atoms with van der Waals surface area (Å²) >= 11 is 5.96. The van der Waals surface area contributed by atoms with E-state index in [9.17, 15) is 14.0 Å². The number of benzene rings is 1. The molecule has 2 aromatic heterocycles. The second-order valence-corrected chi connectivity index (χ2v) is 8.57. The highest BCUT2D eigenvalue weighted by atomic mass is 79.9. The first-order chi connectivity index (χ1) is 13.4. The lowest BCUT2D eigenvalue weighted by Gasteiger charge is -2.07. The lowest BCUT2D eigenvalue weighted by Crippen LogP contribution is -2.20. The van der Waals surface area contributed by atoms with Crippen molar-refractivity contribution in [1.82, 2.24) is 10.3 Å². The van der Waals surface area contributed by atoms with Crippen LogP contribution in [0.5, 0.6) is 5.75 Å². The van der Waals surface area contributed by atoms with E-state index in [1.54, 1.807) is 6.07 Å². The first-order valence-corrected chi connectivity index (χ1v) is 10.6. The molecule has 2 amide bonds. The van der Waals surface area contributed by atoms with Crippen LogP contribution in [0.4, 0.5) is 9.52 Å². The molecule has 3 aromatic rings. The van der Waals surface area contributed by atoms with Crippen LogP contribution in [0.2, 0.25) is 0 Å². The Morgan fingerprint density at radius 3 is 2.86 bits per heavy atom. The number of thiophene rings is 1. The quantitative estimate of drug-likeness (QED) is 0.520. The van der Waals surface area contributed by atoms with E-state index in [1.807, 2.05) is 17.5 Å². The average Bonchev–Trinajstić information content (AvgIpc) is 3.28. The van der Waals surface area contributed by atoms with Crippen molar-refractivity contribution >= 4 is 55.5 Å². The van der Waals surface area contributed by atoms with Gasteiger partial charge in [0.2, 0.25) is 5.91 Å². The highest BCUT2D eigenvalue weighted by molar-refractivity contribution is 9.10. The standard InChI is InChI=1S/C18H15BrFN3O3S2/c1-10(24)21-7-12-3-5-16(28-12)14-9-27-18(22-14)23-17(25)8-26-15-4-2-11(19)6-13(15)20/h2-6,9H,7-8H2,1H3,(H,21,24)(H,22,23,25). The first-order valence-electron chi connectivity index (χ1n) is 8.07. The van der Waals surface area contributed by atoms with Gasteiger partial charge in [0.25, 0.3) is 5.91 Å². The Bertz CT molecular complexity index is 1010. The smallest absolute Gasteiger partial charge is 0.264 e. The van der Waals surface area contributed by atoms with Gasteiger partial charge >= 0.3 is 0 Å². The number of carbonyl (C=O) groups is 2. The summed E-state index contributed by atoms with van der Waals surface area (Å²) in [6.45, 7) is 1.61. The molecular formula is C18H15BrFN3O3S2. The molecule has 1 aromatic carbocycles. The molecule has 0 fully saturated rings. The van der Waals surface area contributed by atoms with Gasteiger partial charge in [0.15, 0.2) is 23.3 Å². The van der Waals surface area contributed by atoms with Gasteiger partial charge in [0, 0.05) is 21.7 Å². The zero-order valence-electron chi connectivity index (χ0n) is 14.6. The summed E-state index contributed by atoms with van der Waals surface area (Å²) in [5.74, 6) is -1.06. The van der Waals surface area contributed by atoms with E-state index in [-0.39, 0.29) is 18.3 Å². The number of carbonyl (C=O) groups excluding carboxylic acids is 2. The number of thiazole rings is 1. The number of ether oxygens (including phenoxy) is 1. The van der Waals surface area contributed by atoms with Crippen molar-refractivity contribution in [2.75, 3.05) is 11.9 Å². The van der Waals surface area contributed by atoms with Gasteiger partial charge in [-0.05, 0) is 30.3 Å². The third-order valence-corrected chi connectivity index (χ3v) is 5.79. The SMILES string of the molecule is CC(=O)NCc1ccc(-c2csc(NC(=O)COc3ccc(Br)cc3F)n2)s1.